The standard InChI is InChI=1S/C7H4F3N3O2S/c8-6(9)5-3(2-11)1-4(13-7(5)10)16(12,14)15/h1,6H,(H2,12,14,15). The van der Waals surface area contributed by atoms with Crippen LogP contribution < -0.4 is 5.14 Å². The van der Waals surface area contributed by atoms with Gasteiger partial charge in [-0.1, -0.05) is 0 Å². The summed E-state index contributed by atoms with van der Waals surface area (Å²) >= 11 is 0. The molecule has 9 heteroatoms. The highest BCUT2D eigenvalue weighted by atomic mass is 32.2. The lowest BCUT2D eigenvalue weighted by Gasteiger charge is -2.05. The maximum atomic E-state index is 13.0. The van der Waals surface area contributed by atoms with Crippen molar-refractivity contribution in [3.63, 3.8) is 0 Å². The quantitative estimate of drug-likeness (QED) is 0.781. The monoisotopic (exact) mass is 251 g/mol. The van der Waals surface area contributed by atoms with Crippen LogP contribution in [0.25, 0.3) is 0 Å². The van der Waals surface area contributed by atoms with Crippen LogP contribution in [0.1, 0.15) is 17.6 Å². The van der Waals surface area contributed by atoms with Gasteiger partial charge in [0.05, 0.1) is 17.2 Å². The highest BCUT2D eigenvalue weighted by Crippen LogP contribution is 2.25. The van der Waals surface area contributed by atoms with Crippen LogP contribution in [0.4, 0.5) is 13.2 Å². The van der Waals surface area contributed by atoms with E-state index in [1.807, 2.05) is 0 Å². The average Bonchev–Trinajstić information content (AvgIpc) is 2.14. The largest absolute Gasteiger partial charge is 0.269 e. The maximum absolute atomic E-state index is 13.0. The molecule has 86 valence electrons. The topological polar surface area (TPSA) is 96.8 Å². The summed E-state index contributed by atoms with van der Waals surface area (Å²) in [4.78, 5) is 2.76. The molecule has 0 unspecified atom stereocenters. The number of hydrogen-bond acceptors (Lipinski definition) is 4. The molecule has 0 saturated carbocycles. The van der Waals surface area contributed by atoms with Crippen molar-refractivity contribution in [1.29, 1.82) is 5.26 Å². The van der Waals surface area contributed by atoms with Crippen molar-refractivity contribution in [2.75, 3.05) is 0 Å². The molecule has 0 fully saturated rings. The molecule has 1 aromatic heterocycles. The van der Waals surface area contributed by atoms with Crippen LogP contribution in [-0.2, 0) is 10.0 Å². The molecule has 1 rings (SSSR count). The molecule has 0 bridgehead atoms. The molecule has 5 nitrogen and oxygen atoms in total. The van der Waals surface area contributed by atoms with Crippen LogP contribution in [-0.4, -0.2) is 13.4 Å². The van der Waals surface area contributed by atoms with E-state index in [0.29, 0.717) is 6.07 Å². The summed E-state index contributed by atoms with van der Waals surface area (Å²) < 4.78 is 59.2. The third-order valence-corrected chi connectivity index (χ3v) is 2.41. The second-order valence-corrected chi connectivity index (χ2v) is 4.18. The van der Waals surface area contributed by atoms with Crippen LogP contribution in [0.2, 0.25) is 0 Å². The van der Waals surface area contributed by atoms with E-state index in [0.717, 1.165) is 0 Å². The summed E-state index contributed by atoms with van der Waals surface area (Å²) in [5.74, 6) is -1.72. The van der Waals surface area contributed by atoms with Crippen LogP contribution >= 0.6 is 0 Å². The average molecular weight is 251 g/mol. The molecule has 0 aliphatic carbocycles. The van der Waals surface area contributed by atoms with Crippen molar-refractivity contribution in [3.8, 4) is 6.07 Å². The minimum atomic E-state index is -4.35. The fourth-order valence-corrected chi connectivity index (χ4v) is 1.44. The summed E-state index contributed by atoms with van der Waals surface area (Å²) in [7, 11) is -4.35. The Balaban J connectivity index is 3.59. The first-order valence-corrected chi connectivity index (χ1v) is 5.23. The van der Waals surface area contributed by atoms with Gasteiger partial charge in [0.1, 0.15) is 0 Å². The predicted octanol–water partition coefficient (Wildman–Crippen LogP) is 0.677. The number of aromatic nitrogens is 1. The number of pyridine rings is 1. The summed E-state index contributed by atoms with van der Waals surface area (Å²) in [6.07, 6.45) is -3.27. The molecule has 2 N–H and O–H groups in total. The van der Waals surface area contributed by atoms with Crippen molar-refractivity contribution in [1.82, 2.24) is 4.98 Å². The van der Waals surface area contributed by atoms with E-state index >= 15 is 0 Å². The Hall–Kier alpha value is -1.66. The van der Waals surface area contributed by atoms with Crippen LogP contribution in [0, 0.1) is 17.3 Å². The highest BCUT2D eigenvalue weighted by Gasteiger charge is 2.23. The summed E-state index contributed by atoms with van der Waals surface area (Å²) in [6.45, 7) is 0. The van der Waals surface area contributed by atoms with Gasteiger partial charge in [-0.2, -0.15) is 9.65 Å². The fraction of sp³-hybridized carbons (Fsp3) is 0.143. The van der Waals surface area contributed by atoms with Gasteiger partial charge in [-0.25, -0.2) is 27.3 Å². The van der Waals surface area contributed by atoms with E-state index in [2.05, 4.69) is 10.1 Å². The molecule has 0 aromatic carbocycles. The Morgan fingerprint density at radius 1 is 1.50 bits per heavy atom. The summed E-state index contributed by atoms with van der Waals surface area (Å²) in [6, 6.07) is 1.75. The van der Waals surface area contributed by atoms with Crippen molar-refractivity contribution in [2.24, 2.45) is 5.14 Å². The second kappa shape index (κ2) is 4.07. The lowest BCUT2D eigenvalue weighted by molar-refractivity contribution is 0.144. The Kier molecular flexibility index (Phi) is 3.16. The zero-order chi connectivity index (χ0) is 12.5. The van der Waals surface area contributed by atoms with Crippen molar-refractivity contribution < 1.29 is 21.6 Å². The molecule has 0 radical (unpaired) electrons. The lowest BCUT2D eigenvalue weighted by Crippen LogP contribution is -2.16. The molecule has 0 saturated heterocycles. The minimum Gasteiger partial charge on any atom is -0.223 e. The Morgan fingerprint density at radius 2 is 2.06 bits per heavy atom. The Bertz CT molecular complexity index is 565. The number of halogens is 3. The fourth-order valence-electron chi connectivity index (χ4n) is 0.947. The smallest absolute Gasteiger partial charge is 0.223 e. The molecule has 0 aliphatic rings. The number of hydrogen-bond donors (Lipinski definition) is 1. The molecule has 16 heavy (non-hydrogen) atoms. The van der Waals surface area contributed by atoms with Gasteiger partial charge in [-0.3, -0.25) is 0 Å². The van der Waals surface area contributed by atoms with Gasteiger partial charge in [0.2, 0.25) is 5.95 Å². The highest BCUT2D eigenvalue weighted by molar-refractivity contribution is 7.89. The molecule has 0 atom stereocenters. The number of nitriles is 1. The van der Waals surface area contributed by atoms with Crippen LogP contribution in [0.5, 0.6) is 0 Å². The van der Waals surface area contributed by atoms with E-state index in [4.69, 9.17) is 5.26 Å². The van der Waals surface area contributed by atoms with Crippen molar-refractivity contribution >= 4 is 10.0 Å². The predicted molar refractivity (Wildman–Crippen MR) is 45.2 cm³/mol. The van der Waals surface area contributed by atoms with Gasteiger partial charge in [0.25, 0.3) is 16.4 Å². The minimum absolute atomic E-state index is 0.500. The van der Waals surface area contributed by atoms with Gasteiger partial charge in [0, 0.05) is 0 Å². The van der Waals surface area contributed by atoms with E-state index in [9.17, 15) is 21.6 Å². The van der Waals surface area contributed by atoms with Crippen LogP contribution in [0.3, 0.4) is 0 Å². The van der Waals surface area contributed by atoms with E-state index in [-0.39, 0.29) is 0 Å². The molecule has 0 aliphatic heterocycles. The number of nitrogens with zero attached hydrogens (tertiary/aromatic N) is 2. The van der Waals surface area contributed by atoms with Gasteiger partial charge < -0.3 is 0 Å². The zero-order valence-corrected chi connectivity index (χ0v) is 8.30. The first kappa shape index (κ1) is 12.4. The number of rotatable bonds is 2. The number of nitrogens with two attached hydrogens (primary N) is 1. The van der Waals surface area contributed by atoms with Crippen molar-refractivity contribution in [2.45, 2.75) is 11.5 Å². The molecular formula is C7H4F3N3O2S. The molecule has 1 aromatic rings. The first-order chi connectivity index (χ1) is 7.27. The second-order valence-electron chi connectivity index (χ2n) is 2.67. The van der Waals surface area contributed by atoms with Gasteiger partial charge in [0.15, 0.2) is 5.03 Å². The Labute approximate surface area is 88.4 Å². The maximum Gasteiger partial charge on any atom is 0.269 e. The normalized spacial score (nSPS) is 11.5. The van der Waals surface area contributed by atoms with Gasteiger partial charge in [-0.05, 0) is 6.07 Å². The van der Waals surface area contributed by atoms with E-state index in [1.165, 1.54) is 6.07 Å². The number of primary sulfonamides is 1. The van der Waals surface area contributed by atoms with Gasteiger partial charge >= 0.3 is 0 Å². The lowest BCUT2D eigenvalue weighted by atomic mass is 10.1. The summed E-state index contributed by atoms with van der Waals surface area (Å²) in [5.41, 5.74) is -2.05. The van der Waals surface area contributed by atoms with Gasteiger partial charge in [-0.15, -0.1) is 0 Å². The molecular weight excluding hydrogens is 247 g/mol. The molecule has 1 heterocycles. The summed E-state index contributed by atoms with van der Waals surface area (Å²) in [5, 5.41) is 12.1. The van der Waals surface area contributed by atoms with E-state index < -0.39 is 38.5 Å². The zero-order valence-electron chi connectivity index (χ0n) is 7.49. The number of alkyl halides is 2. The van der Waals surface area contributed by atoms with Crippen LogP contribution in [0.15, 0.2) is 11.1 Å². The third kappa shape index (κ3) is 2.29. The van der Waals surface area contributed by atoms with E-state index in [1.54, 1.807) is 0 Å². The Morgan fingerprint density at radius 3 is 2.44 bits per heavy atom. The third-order valence-electron chi connectivity index (χ3n) is 1.62. The van der Waals surface area contributed by atoms with Crippen molar-refractivity contribution in [3.05, 3.63) is 23.1 Å². The molecule has 0 spiro atoms. The molecule has 0 amide bonds. The number of sulfonamides is 1. The first-order valence-electron chi connectivity index (χ1n) is 3.69. The SMILES string of the molecule is N#Cc1cc(S(N)(=O)=O)nc(F)c1C(F)F.